The first-order valence-electron chi connectivity index (χ1n) is 11.3. The molecule has 1 aliphatic heterocycles. The highest BCUT2D eigenvalue weighted by Gasteiger charge is 2.48. The highest BCUT2D eigenvalue weighted by molar-refractivity contribution is 5.90. The lowest BCUT2D eigenvalue weighted by Gasteiger charge is -2.34. The van der Waals surface area contributed by atoms with Crippen molar-refractivity contribution < 1.29 is 13.9 Å². The number of carbonyl (C=O) groups is 1. The molecular weight excluding hydrogens is 437 g/mol. The largest absolute Gasteiger partial charge is 0.441 e. The molecule has 0 bridgehead atoms. The fraction of sp³-hybridized carbons (Fsp3) is 0.280. The number of amides is 1. The molecule has 6 rings (SSSR count). The van der Waals surface area contributed by atoms with Crippen LogP contribution in [-0.2, 0) is 4.74 Å². The van der Waals surface area contributed by atoms with E-state index in [9.17, 15) is 14.0 Å². The Balaban J connectivity index is 1.20. The van der Waals surface area contributed by atoms with Crippen LogP contribution >= 0.6 is 0 Å². The first-order chi connectivity index (χ1) is 16.5. The van der Waals surface area contributed by atoms with Crippen LogP contribution in [0.25, 0.3) is 16.7 Å². The first kappa shape index (κ1) is 20.6. The van der Waals surface area contributed by atoms with E-state index >= 15 is 0 Å². The number of fused-ring (bicyclic) bond motifs is 1. The van der Waals surface area contributed by atoms with E-state index in [4.69, 9.17) is 9.72 Å². The Morgan fingerprint density at radius 3 is 2.68 bits per heavy atom. The standard InChI is InChI=1S/C25H22FN5O3/c26-18-4-1-2-5-21(18)30-15-25(34-24(30)33)11-9-16(10-12-25)23-28-19-8-7-17(14-20(19)29-23)31-22(32)6-3-13-27-31/h1-8,13-14,16H,9-12,15H2,(H,28,29). The number of aromatic amines is 1. The fourth-order valence-corrected chi connectivity index (χ4v) is 5.05. The van der Waals surface area contributed by atoms with Gasteiger partial charge in [-0.1, -0.05) is 12.1 Å². The minimum absolute atomic E-state index is 0.195. The molecule has 0 unspecified atom stereocenters. The molecule has 1 saturated carbocycles. The van der Waals surface area contributed by atoms with Crippen molar-refractivity contribution in [2.45, 2.75) is 37.2 Å². The molecule has 0 atom stereocenters. The summed E-state index contributed by atoms with van der Waals surface area (Å²) in [5.74, 6) is 0.644. The average molecular weight is 459 g/mol. The molecular formula is C25H22FN5O3. The molecule has 2 aliphatic rings. The van der Waals surface area contributed by atoms with Crippen molar-refractivity contribution in [3.05, 3.63) is 82.8 Å². The minimum atomic E-state index is -0.602. The molecule has 1 spiro atoms. The fourth-order valence-electron chi connectivity index (χ4n) is 5.05. The number of anilines is 1. The van der Waals surface area contributed by atoms with Crippen molar-refractivity contribution >= 4 is 22.8 Å². The molecule has 2 aromatic carbocycles. The van der Waals surface area contributed by atoms with Gasteiger partial charge in [-0.15, -0.1) is 0 Å². The number of H-pyrrole nitrogens is 1. The Labute approximate surface area is 194 Å². The quantitative estimate of drug-likeness (QED) is 0.493. The highest BCUT2D eigenvalue weighted by atomic mass is 19.1. The van der Waals surface area contributed by atoms with Gasteiger partial charge in [-0.05, 0) is 62.1 Å². The van der Waals surface area contributed by atoms with Crippen LogP contribution in [-0.4, -0.2) is 38.0 Å². The van der Waals surface area contributed by atoms with Gasteiger partial charge in [0.2, 0.25) is 0 Å². The van der Waals surface area contributed by atoms with E-state index in [1.807, 2.05) is 18.2 Å². The monoisotopic (exact) mass is 459 g/mol. The molecule has 1 saturated heterocycles. The number of hydrogen-bond acceptors (Lipinski definition) is 5. The third-order valence-corrected chi connectivity index (χ3v) is 6.84. The van der Waals surface area contributed by atoms with E-state index < -0.39 is 17.5 Å². The van der Waals surface area contributed by atoms with Crippen LogP contribution in [0.15, 0.2) is 65.6 Å². The summed E-state index contributed by atoms with van der Waals surface area (Å²) in [6.07, 6.45) is 4.03. The molecule has 2 fully saturated rings. The van der Waals surface area contributed by atoms with Gasteiger partial charge < -0.3 is 9.72 Å². The molecule has 0 radical (unpaired) electrons. The molecule has 4 aromatic rings. The molecule has 1 aliphatic carbocycles. The lowest BCUT2D eigenvalue weighted by atomic mass is 9.78. The van der Waals surface area contributed by atoms with Crippen LogP contribution in [0, 0.1) is 5.82 Å². The predicted octanol–water partition coefficient (Wildman–Crippen LogP) is 4.30. The third-order valence-electron chi connectivity index (χ3n) is 6.84. The number of rotatable bonds is 3. The van der Waals surface area contributed by atoms with E-state index in [0.29, 0.717) is 25.1 Å². The van der Waals surface area contributed by atoms with Crippen molar-refractivity contribution in [3.63, 3.8) is 0 Å². The Morgan fingerprint density at radius 2 is 1.88 bits per heavy atom. The van der Waals surface area contributed by atoms with Crippen LogP contribution < -0.4 is 10.5 Å². The number of ether oxygens (including phenoxy) is 1. The van der Waals surface area contributed by atoms with Crippen LogP contribution in [0.3, 0.4) is 0 Å². The van der Waals surface area contributed by atoms with Crippen molar-refractivity contribution in [1.82, 2.24) is 19.7 Å². The molecule has 3 heterocycles. The molecule has 8 nitrogen and oxygen atoms in total. The zero-order valence-electron chi connectivity index (χ0n) is 18.3. The smallest absolute Gasteiger partial charge is 0.415 e. The number of para-hydroxylation sites is 1. The minimum Gasteiger partial charge on any atom is -0.441 e. The maximum absolute atomic E-state index is 14.2. The molecule has 172 valence electrons. The summed E-state index contributed by atoms with van der Waals surface area (Å²) in [6, 6.07) is 14.9. The van der Waals surface area contributed by atoms with Gasteiger partial charge in [0.15, 0.2) is 0 Å². The molecule has 2 aromatic heterocycles. The summed E-state index contributed by atoms with van der Waals surface area (Å²) >= 11 is 0. The van der Waals surface area contributed by atoms with Gasteiger partial charge >= 0.3 is 6.09 Å². The number of hydrogen-bond donors (Lipinski definition) is 1. The summed E-state index contributed by atoms with van der Waals surface area (Å²) < 4.78 is 21.4. The number of nitrogens with one attached hydrogen (secondary N) is 1. The number of halogens is 1. The van der Waals surface area contributed by atoms with Gasteiger partial charge in [0, 0.05) is 18.2 Å². The Kier molecular flexibility index (Phi) is 4.72. The van der Waals surface area contributed by atoms with Crippen molar-refractivity contribution in [3.8, 4) is 5.69 Å². The van der Waals surface area contributed by atoms with Gasteiger partial charge in [-0.2, -0.15) is 9.78 Å². The van der Waals surface area contributed by atoms with Crippen LogP contribution in [0.2, 0.25) is 0 Å². The molecule has 1 amide bonds. The second kappa shape index (κ2) is 7.79. The van der Waals surface area contributed by atoms with Crippen LogP contribution in [0.4, 0.5) is 14.9 Å². The van der Waals surface area contributed by atoms with Crippen LogP contribution in [0.5, 0.6) is 0 Å². The average Bonchev–Trinajstić information content (AvgIpc) is 3.40. The zero-order valence-corrected chi connectivity index (χ0v) is 18.3. The lowest BCUT2D eigenvalue weighted by Crippen LogP contribution is -2.38. The van der Waals surface area contributed by atoms with Gasteiger partial charge in [-0.3, -0.25) is 9.69 Å². The molecule has 1 N–H and O–H groups in total. The lowest BCUT2D eigenvalue weighted by molar-refractivity contribution is 0.0208. The maximum Gasteiger partial charge on any atom is 0.415 e. The van der Waals surface area contributed by atoms with E-state index in [1.54, 1.807) is 30.5 Å². The number of imidazole rings is 1. The van der Waals surface area contributed by atoms with Gasteiger partial charge in [0.05, 0.1) is 29.0 Å². The number of benzene rings is 2. The Hall–Kier alpha value is -4.01. The number of nitrogens with zero attached hydrogens (tertiary/aromatic N) is 4. The third kappa shape index (κ3) is 3.44. The molecule has 34 heavy (non-hydrogen) atoms. The summed E-state index contributed by atoms with van der Waals surface area (Å²) in [6.45, 7) is 0.349. The predicted molar refractivity (Wildman–Crippen MR) is 124 cm³/mol. The summed E-state index contributed by atoms with van der Waals surface area (Å²) in [5.41, 5.74) is 1.78. The van der Waals surface area contributed by atoms with Crippen molar-refractivity contribution in [1.29, 1.82) is 0 Å². The van der Waals surface area contributed by atoms with Gasteiger partial charge in [0.1, 0.15) is 17.2 Å². The topological polar surface area (TPSA) is 93.1 Å². The summed E-state index contributed by atoms with van der Waals surface area (Å²) in [4.78, 5) is 34.2. The van der Waals surface area contributed by atoms with Crippen molar-refractivity contribution in [2.24, 2.45) is 0 Å². The Bertz CT molecular complexity index is 1450. The highest BCUT2D eigenvalue weighted by Crippen LogP contribution is 2.44. The summed E-state index contributed by atoms with van der Waals surface area (Å²) in [7, 11) is 0. The van der Waals surface area contributed by atoms with E-state index in [-0.39, 0.29) is 17.2 Å². The molecule has 9 heteroatoms. The Morgan fingerprint density at radius 1 is 1.06 bits per heavy atom. The van der Waals surface area contributed by atoms with E-state index in [2.05, 4.69) is 10.1 Å². The SMILES string of the molecule is O=C1OC2(CCC(c3nc4ccc(-n5ncccc5=O)cc4[nH]3)CC2)CN1c1ccccc1F. The van der Waals surface area contributed by atoms with E-state index in [1.165, 1.54) is 21.7 Å². The zero-order chi connectivity index (χ0) is 23.3. The van der Waals surface area contributed by atoms with Crippen LogP contribution in [0.1, 0.15) is 37.4 Å². The second-order valence-electron chi connectivity index (χ2n) is 8.96. The normalized spacial score (nSPS) is 22.4. The maximum atomic E-state index is 14.2. The second-order valence-corrected chi connectivity index (χ2v) is 8.96. The van der Waals surface area contributed by atoms with Gasteiger partial charge in [-0.25, -0.2) is 14.2 Å². The van der Waals surface area contributed by atoms with Gasteiger partial charge in [0.25, 0.3) is 5.56 Å². The number of carbonyl (C=O) groups excluding carboxylic acids is 1. The first-order valence-corrected chi connectivity index (χ1v) is 11.3. The van der Waals surface area contributed by atoms with E-state index in [0.717, 1.165) is 29.7 Å². The summed E-state index contributed by atoms with van der Waals surface area (Å²) in [5, 5.41) is 4.13. The van der Waals surface area contributed by atoms with Crippen molar-refractivity contribution in [2.75, 3.05) is 11.4 Å². The number of aromatic nitrogens is 4.